The Labute approximate surface area is 292 Å². The van der Waals surface area contributed by atoms with Crippen LogP contribution in [0.5, 0.6) is 0 Å². The van der Waals surface area contributed by atoms with E-state index < -0.39 is 76.7 Å². The molecule has 2 bridgehead atoms. The highest BCUT2D eigenvalue weighted by atomic mass is 16.6. The minimum absolute atomic E-state index is 0.220. The molecule has 0 spiro atoms. The van der Waals surface area contributed by atoms with Crippen LogP contribution in [-0.4, -0.2) is 70.2 Å². The van der Waals surface area contributed by atoms with Crippen LogP contribution in [0, 0.1) is 16.7 Å². The molecule has 0 radical (unpaired) electrons. The molecule has 0 amide bonds. The van der Waals surface area contributed by atoms with E-state index in [2.05, 4.69) is 6.58 Å². The van der Waals surface area contributed by atoms with Crippen molar-refractivity contribution in [1.82, 2.24) is 0 Å². The van der Waals surface area contributed by atoms with Gasteiger partial charge in [-0.1, -0.05) is 75.9 Å². The van der Waals surface area contributed by atoms with Gasteiger partial charge in [0.15, 0.2) is 6.10 Å². The standard InChI is InChI=1S/C40H46O10/c1-23-29(43)22-40(46)35(50-37(45)28-16-12-9-13-17-28)33-24(2)30(49-31(44)19-18-27-14-10-8-11-15-27)20-21-39(33,7)36(48-26(4)42)34(47-25(3)41)32(23)38(40,5)6/h8-19,29-30,33-36,43,46H,2,20-22H2,1,3-7H3/b19-18+/t29-,30-,33+,34+,35+,36-,39+,40+/m0/s1. The van der Waals surface area contributed by atoms with E-state index in [0.717, 1.165) is 5.56 Å². The maximum atomic E-state index is 13.9. The fourth-order valence-electron chi connectivity index (χ4n) is 8.34. The number of fused-ring (bicyclic) bond motifs is 3. The Morgan fingerprint density at radius 1 is 0.860 bits per heavy atom. The first kappa shape index (κ1) is 36.7. The topological polar surface area (TPSA) is 146 Å². The van der Waals surface area contributed by atoms with Gasteiger partial charge in [-0.3, -0.25) is 9.59 Å². The summed E-state index contributed by atoms with van der Waals surface area (Å²) in [5.41, 5.74) is -2.36. The van der Waals surface area contributed by atoms with E-state index >= 15 is 0 Å². The van der Waals surface area contributed by atoms with Gasteiger partial charge in [-0.25, -0.2) is 9.59 Å². The van der Waals surface area contributed by atoms with Gasteiger partial charge in [0.1, 0.15) is 23.9 Å². The average Bonchev–Trinajstić information content (AvgIpc) is 3.06. The molecule has 2 aromatic carbocycles. The third-order valence-electron chi connectivity index (χ3n) is 10.9. The zero-order chi connectivity index (χ0) is 36.6. The Morgan fingerprint density at radius 2 is 1.46 bits per heavy atom. The Morgan fingerprint density at radius 3 is 2.06 bits per heavy atom. The predicted octanol–water partition coefficient (Wildman–Crippen LogP) is 5.53. The van der Waals surface area contributed by atoms with E-state index in [4.69, 9.17) is 18.9 Å². The second-order valence-electron chi connectivity index (χ2n) is 14.4. The molecule has 3 aliphatic carbocycles. The minimum atomic E-state index is -1.99. The molecule has 50 heavy (non-hydrogen) atoms. The monoisotopic (exact) mass is 686 g/mol. The fourth-order valence-corrected chi connectivity index (χ4v) is 8.34. The molecule has 266 valence electrons. The minimum Gasteiger partial charge on any atom is -0.458 e. The Bertz CT molecular complexity index is 1710. The number of hydrogen-bond donors (Lipinski definition) is 2. The van der Waals surface area contributed by atoms with Crippen molar-refractivity contribution in [3.63, 3.8) is 0 Å². The van der Waals surface area contributed by atoms with Crippen molar-refractivity contribution in [3.05, 3.63) is 101 Å². The molecule has 2 fully saturated rings. The van der Waals surface area contributed by atoms with E-state index in [1.807, 2.05) is 37.3 Å². The van der Waals surface area contributed by atoms with Gasteiger partial charge in [0.05, 0.1) is 11.7 Å². The summed E-state index contributed by atoms with van der Waals surface area (Å²) in [4.78, 5) is 52.7. The van der Waals surface area contributed by atoms with Gasteiger partial charge in [0, 0.05) is 43.1 Å². The van der Waals surface area contributed by atoms with Crippen LogP contribution in [0.2, 0.25) is 0 Å². The molecule has 10 heteroatoms. The maximum absolute atomic E-state index is 13.9. The lowest BCUT2D eigenvalue weighted by Crippen LogP contribution is -2.71. The predicted molar refractivity (Wildman–Crippen MR) is 184 cm³/mol. The molecule has 2 N–H and O–H groups in total. The number of benzene rings is 2. The summed E-state index contributed by atoms with van der Waals surface area (Å²) in [6.07, 6.45) is -2.78. The zero-order valence-corrected chi connectivity index (χ0v) is 29.4. The van der Waals surface area contributed by atoms with E-state index in [9.17, 15) is 29.4 Å². The third kappa shape index (κ3) is 6.66. The van der Waals surface area contributed by atoms with Crippen LogP contribution < -0.4 is 0 Å². The lowest BCUT2D eigenvalue weighted by Gasteiger charge is -2.62. The molecular weight excluding hydrogens is 640 g/mol. The van der Waals surface area contributed by atoms with Gasteiger partial charge in [0.2, 0.25) is 0 Å². The maximum Gasteiger partial charge on any atom is 0.338 e. The number of aliphatic hydroxyl groups is 2. The second kappa shape index (κ2) is 14.0. The van der Waals surface area contributed by atoms with Crippen LogP contribution in [0.1, 0.15) is 76.7 Å². The van der Waals surface area contributed by atoms with Gasteiger partial charge >= 0.3 is 23.9 Å². The molecule has 0 unspecified atom stereocenters. The normalized spacial score (nSPS) is 31.9. The number of carbonyl (C=O) groups excluding carboxylic acids is 4. The van der Waals surface area contributed by atoms with Crippen molar-refractivity contribution in [1.29, 1.82) is 0 Å². The summed E-state index contributed by atoms with van der Waals surface area (Å²) in [7, 11) is 0. The Hall–Kier alpha value is -4.54. The van der Waals surface area contributed by atoms with E-state index in [0.29, 0.717) is 16.7 Å². The van der Waals surface area contributed by atoms with E-state index in [1.54, 1.807) is 57.2 Å². The highest BCUT2D eigenvalue weighted by Gasteiger charge is 2.69. The van der Waals surface area contributed by atoms with Crippen molar-refractivity contribution in [2.75, 3.05) is 0 Å². The number of aliphatic hydroxyl groups excluding tert-OH is 1. The highest BCUT2D eigenvalue weighted by Crippen LogP contribution is 2.62. The van der Waals surface area contributed by atoms with Crippen molar-refractivity contribution >= 4 is 30.0 Å². The molecule has 5 rings (SSSR count). The Balaban J connectivity index is 1.70. The summed E-state index contributed by atoms with van der Waals surface area (Å²) in [5, 5.41) is 24.6. The molecule has 0 heterocycles. The molecular formula is C40H46O10. The number of rotatable bonds is 7. The molecule has 0 aliphatic heterocycles. The van der Waals surface area contributed by atoms with Gasteiger partial charge in [0.25, 0.3) is 0 Å². The average molecular weight is 687 g/mol. The van der Waals surface area contributed by atoms with Crippen LogP contribution in [0.3, 0.4) is 0 Å². The van der Waals surface area contributed by atoms with Crippen LogP contribution in [0.25, 0.3) is 6.08 Å². The summed E-state index contributed by atoms with van der Waals surface area (Å²) in [5.74, 6) is -3.71. The van der Waals surface area contributed by atoms with Crippen molar-refractivity contribution in [2.24, 2.45) is 16.7 Å². The van der Waals surface area contributed by atoms with Gasteiger partial charge in [-0.05, 0) is 60.3 Å². The number of esters is 4. The summed E-state index contributed by atoms with van der Waals surface area (Å²) in [6.45, 7) is 13.8. The molecule has 8 atom stereocenters. The summed E-state index contributed by atoms with van der Waals surface area (Å²) in [6, 6.07) is 17.5. The Kier molecular flexibility index (Phi) is 10.3. The fraction of sp³-hybridized carbons (Fsp3) is 0.450. The SMILES string of the molecule is C=C1[C@@H](OC(=O)/C=C/c2ccccc2)CC[C@]2(C)[C@H]1[C@@H](OC(=O)c1ccccc1)[C@]1(O)C[C@H](O)C(C)=C([C@@H](OC(C)=O)[C@@H]2OC(C)=O)C1(C)C. The van der Waals surface area contributed by atoms with Crippen LogP contribution >= 0.6 is 0 Å². The molecule has 10 nitrogen and oxygen atoms in total. The number of ether oxygens (including phenoxy) is 4. The smallest absolute Gasteiger partial charge is 0.338 e. The first-order valence-corrected chi connectivity index (χ1v) is 16.9. The van der Waals surface area contributed by atoms with Crippen molar-refractivity contribution < 1.29 is 48.3 Å². The third-order valence-corrected chi connectivity index (χ3v) is 10.9. The van der Waals surface area contributed by atoms with E-state index in [1.165, 1.54) is 19.9 Å². The second-order valence-corrected chi connectivity index (χ2v) is 14.4. The van der Waals surface area contributed by atoms with Crippen LogP contribution in [0.15, 0.2) is 90.0 Å². The molecule has 3 aliphatic rings. The molecule has 2 saturated carbocycles. The first-order chi connectivity index (χ1) is 23.5. The number of carbonyl (C=O) groups is 4. The molecule has 0 aromatic heterocycles. The quantitative estimate of drug-likeness (QED) is 0.165. The number of hydrogen-bond acceptors (Lipinski definition) is 10. The van der Waals surface area contributed by atoms with Gasteiger partial charge in [-0.15, -0.1) is 0 Å². The highest BCUT2D eigenvalue weighted by molar-refractivity contribution is 5.89. The van der Waals surface area contributed by atoms with Gasteiger partial charge in [-0.2, -0.15) is 0 Å². The van der Waals surface area contributed by atoms with E-state index in [-0.39, 0.29) is 24.8 Å². The zero-order valence-electron chi connectivity index (χ0n) is 29.4. The van der Waals surface area contributed by atoms with Gasteiger partial charge < -0.3 is 29.2 Å². The molecule has 2 aromatic rings. The first-order valence-electron chi connectivity index (χ1n) is 16.9. The molecule has 0 saturated heterocycles. The van der Waals surface area contributed by atoms with Crippen LogP contribution in [-0.2, 0) is 33.3 Å². The lowest BCUT2D eigenvalue weighted by molar-refractivity contribution is -0.233. The van der Waals surface area contributed by atoms with Crippen LogP contribution in [0.4, 0.5) is 0 Å². The van der Waals surface area contributed by atoms with Crippen molar-refractivity contribution in [2.45, 2.75) is 96.9 Å². The lowest BCUT2D eigenvalue weighted by atomic mass is 9.47. The summed E-state index contributed by atoms with van der Waals surface area (Å²) >= 11 is 0. The summed E-state index contributed by atoms with van der Waals surface area (Å²) < 4.78 is 24.4. The largest absolute Gasteiger partial charge is 0.458 e. The van der Waals surface area contributed by atoms with Crippen molar-refractivity contribution in [3.8, 4) is 0 Å².